The summed E-state index contributed by atoms with van der Waals surface area (Å²) in [6.07, 6.45) is 3.44. The maximum atomic E-state index is 11.4. The first kappa shape index (κ1) is 14.7. The molecule has 0 amide bonds. The quantitative estimate of drug-likeness (QED) is 0.455. The number of hydrogen-bond acceptors (Lipinski definition) is 5. The molecule has 1 heterocycles. The van der Waals surface area contributed by atoms with E-state index < -0.39 is 0 Å². The van der Waals surface area contributed by atoms with Gasteiger partial charge in [0.25, 0.3) is 0 Å². The summed E-state index contributed by atoms with van der Waals surface area (Å²) in [5.41, 5.74) is 6.09. The number of anilines is 1. The molecular formula is C18H15N3O2. The van der Waals surface area contributed by atoms with Gasteiger partial charge in [-0.1, -0.05) is 30.3 Å². The number of benzene rings is 2. The fourth-order valence-corrected chi connectivity index (χ4v) is 2.19. The first-order chi connectivity index (χ1) is 11.3. The Balaban J connectivity index is 1.74. The van der Waals surface area contributed by atoms with Gasteiger partial charge in [0.15, 0.2) is 0 Å². The predicted molar refractivity (Wildman–Crippen MR) is 90.7 cm³/mol. The van der Waals surface area contributed by atoms with E-state index in [0.717, 1.165) is 22.2 Å². The molecule has 0 aliphatic heterocycles. The minimum Gasteiger partial charge on any atom is -0.465 e. The number of hydrogen-bond donors (Lipinski definition) is 1. The Labute approximate surface area is 133 Å². The molecule has 0 bridgehead atoms. The molecule has 0 radical (unpaired) electrons. The van der Waals surface area contributed by atoms with Crippen molar-refractivity contribution >= 4 is 28.8 Å². The van der Waals surface area contributed by atoms with Crippen molar-refractivity contribution in [3.8, 4) is 0 Å². The Hall–Kier alpha value is -3.21. The summed E-state index contributed by atoms with van der Waals surface area (Å²) in [4.78, 5) is 15.7. The molecule has 0 aliphatic rings. The van der Waals surface area contributed by atoms with Gasteiger partial charge in [0, 0.05) is 11.6 Å². The van der Waals surface area contributed by atoms with Crippen molar-refractivity contribution in [3.05, 3.63) is 71.9 Å². The summed E-state index contributed by atoms with van der Waals surface area (Å²) in [6.45, 7) is 0. The van der Waals surface area contributed by atoms with Crippen LogP contribution in [0.25, 0.3) is 10.9 Å². The van der Waals surface area contributed by atoms with Crippen molar-refractivity contribution in [2.45, 2.75) is 0 Å². The highest BCUT2D eigenvalue weighted by Gasteiger charge is 2.03. The van der Waals surface area contributed by atoms with Gasteiger partial charge in [-0.05, 0) is 29.8 Å². The number of aromatic nitrogens is 1. The molecule has 1 N–H and O–H groups in total. The molecule has 5 nitrogen and oxygen atoms in total. The number of methoxy groups -OCH3 is 1. The van der Waals surface area contributed by atoms with Gasteiger partial charge < -0.3 is 4.74 Å². The topological polar surface area (TPSA) is 63.6 Å². The van der Waals surface area contributed by atoms with Crippen LogP contribution in [0.1, 0.15) is 15.9 Å². The Morgan fingerprint density at radius 3 is 2.70 bits per heavy atom. The molecular weight excluding hydrogens is 290 g/mol. The molecule has 0 saturated heterocycles. The molecule has 0 atom stereocenters. The molecule has 1 aromatic heterocycles. The first-order valence-electron chi connectivity index (χ1n) is 7.09. The van der Waals surface area contributed by atoms with Crippen LogP contribution in [0.15, 0.2) is 65.9 Å². The lowest BCUT2D eigenvalue weighted by Crippen LogP contribution is -2.00. The van der Waals surface area contributed by atoms with Gasteiger partial charge in [-0.2, -0.15) is 5.10 Å². The molecule has 0 unspecified atom stereocenters. The molecule has 23 heavy (non-hydrogen) atoms. The van der Waals surface area contributed by atoms with Crippen molar-refractivity contribution < 1.29 is 9.53 Å². The van der Waals surface area contributed by atoms with Gasteiger partial charge in [0.05, 0.1) is 30.1 Å². The minimum absolute atomic E-state index is 0.353. The number of para-hydroxylation sites is 1. The number of fused-ring (bicyclic) bond motifs is 1. The van der Waals surface area contributed by atoms with E-state index in [1.54, 1.807) is 36.7 Å². The molecule has 0 spiro atoms. The highest BCUT2D eigenvalue weighted by atomic mass is 16.5. The number of esters is 1. The number of nitrogens with zero attached hydrogens (tertiary/aromatic N) is 2. The second kappa shape index (κ2) is 6.70. The van der Waals surface area contributed by atoms with Crippen molar-refractivity contribution in [1.29, 1.82) is 0 Å². The highest BCUT2D eigenvalue weighted by molar-refractivity contribution is 5.92. The fourth-order valence-electron chi connectivity index (χ4n) is 2.19. The van der Waals surface area contributed by atoms with E-state index in [0.29, 0.717) is 5.56 Å². The maximum absolute atomic E-state index is 11.4. The SMILES string of the molecule is COC(=O)c1ccc(/C=N/Nc2cccc3cccnc23)cc1. The summed E-state index contributed by atoms with van der Waals surface area (Å²) in [5, 5.41) is 5.28. The second-order valence-electron chi connectivity index (χ2n) is 4.86. The lowest BCUT2D eigenvalue weighted by atomic mass is 10.1. The fraction of sp³-hybridized carbons (Fsp3) is 0.0556. The minimum atomic E-state index is -0.353. The van der Waals surface area contributed by atoms with E-state index in [1.165, 1.54) is 7.11 Å². The molecule has 5 heteroatoms. The van der Waals surface area contributed by atoms with E-state index in [4.69, 9.17) is 0 Å². The largest absolute Gasteiger partial charge is 0.465 e. The van der Waals surface area contributed by atoms with Gasteiger partial charge in [-0.15, -0.1) is 0 Å². The number of carbonyl (C=O) groups excluding carboxylic acids is 1. The normalized spacial score (nSPS) is 10.8. The number of rotatable bonds is 4. The number of carbonyl (C=O) groups is 1. The van der Waals surface area contributed by atoms with E-state index in [-0.39, 0.29) is 5.97 Å². The van der Waals surface area contributed by atoms with Gasteiger partial charge >= 0.3 is 5.97 Å². The van der Waals surface area contributed by atoms with Crippen LogP contribution in [0.2, 0.25) is 0 Å². The van der Waals surface area contributed by atoms with Crippen molar-refractivity contribution in [3.63, 3.8) is 0 Å². The zero-order valence-electron chi connectivity index (χ0n) is 12.6. The van der Waals surface area contributed by atoms with Gasteiger partial charge in [0.1, 0.15) is 0 Å². The van der Waals surface area contributed by atoms with Gasteiger partial charge in [-0.3, -0.25) is 10.4 Å². The highest BCUT2D eigenvalue weighted by Crippen LogP contribution is 2.20. The number of hydrazone groups is 1. The van der Waals surface area contributed by atoms with Crippen molar-refractivity contribution in [1.82, 2.24) is 4.98 Å². The molecule has 114 valence electrons. The van der Waals surface area contributed by atoms with Crippen LogP contribution in [0.5, 0.6) is 0 Å². The van der Waals surface area contributed by atoms with Crippen LogP contribution in [0.3, 0.4) is 0 Å². The first-order valence-corrected chi connectivity index (χ1v) is 7.09. The monoisotopic (exact) mass is 305 g/mol. The van der Waals surface area contributed by atoms with E-state index in [1.807, 2.05) is 30.3 Å². The molecule has 2 aromatic carbocycles. The van der Waals surface area contributed by atoms with Crippen LogP contribution >= 0.6 is 0 Å². The van der Waals surface area contributed by atoms with Crippen LogP contribution in [0.4, 0.5) is 5.69 Å². The average Bonchev–Trinajstić information content (AvgIpc) is 2.62. The Morgan fingerprint density at radius 2 is 1.91 bits per heavy atom. The third-order valence-electron chi connectivity index (χ3n) is 3.36. The van der Waals surface area contributed by atoms with Crippen LogP contribution in [-0.2, 0) is 4.74 Å². The average molecular weight is 305 g/mol. The smallest absolute Gasteiger partial charge is 0.337 e. The van der Waals surface area contributed by atoms with Crippen LogP contribution in [0, 0.1) is 0 Å². The Kier molecular flexibility index (Phi) is 4.29. The summed E-state index contributed by atoms with van der Waals surface area (Å²) in [7, 11) is 1.36. The summed E-state index contributed by atoms with van der Waals surface area (Å²) in [5.74, 6) is -0.353. The van der Waals surface area contributed by atoms with E-state index in [9.17, 15) is 4.79 Å². The van der Waals surface area contributed by atoms with Crippen molar-refractivity contribution in [2.24, 2.45) is 5.10 Å². The Bertz CT molecular complexity index is 852. The molecule has 3 rings (SSSR count). The molecule has 0 fully saturated rings. The maximum Gasteiger partial charge on any atom is 0.337 e. The summed E-state index contributed by atoms with van der Waals surface area (Å²) >= 11 is 0. The second-order valence-corrected chi connectivity index (χ2v) is 4.86. The van der Waals surface area contributed by atoms with E-state index >= 15 is 0 Å². The standard InChI is InChI=1S/C18H15N3O2/c1-23-18(22)15-9-7-13(8-10-15)12-20-21-16-6-2-4-14-5-3-11-19-17(14)16/h2-12,21H,1H3/b20-12+. The summed E-state index contributed by atoms with van der Waals surface area (Å²) in [6, 6.07) is 16.8. The number of pyridine rings is 1. The van der Waals surface area contributed by atoms with E-state index in [2.05, 4.69) is 20.2 Å². The van der Waals surface area contributed by atoms with Crippen molar-refractivity contribution in [2.75, 3.05) is 12.5 Å². The lowest BCUT2D eigenvalue weighted by molar-refractivity contribution is 0.0600. The number of nitrogens with one attached hydrogen (secondary N) is 1. The molecule has 0 aliphatic carbocycles. The molecule has 0 saturated carbocycles. The third kappa shape index (κ3) is 3.35. The van der Waals surface area contributed by atoms with Gasteiger partial charge in [-0.25, -0.2) is 4.79 Å². The van der Waals surface area contributed by atoms with Gasteiger partial charge in [0.2, 0.25) is 0 Å². The zero-order chi connectivity index (χ0) is 16.1. The summed E-state index contributed by atoms with van der Waals surface area (Å²) < 4.78 is 4.66. The zero-order valence-corrected chi connectivity index (χ0v) is 12.6. The Morgan fingerprint density at radius 1 is 1.13 bits per heavy atom. The van der Waals surface area contributed by atoms with Crippen LogP contribution in [-0.4, -0.2) is 24.3 Å². The number of ether oxygens (including phenoxy) is 1. The lowest BCUT2D eigenvalue weighted by Gasteiger charge is -2.04. The third-order valence-corrected chi connectivity index (χ3v) is 3.36. The molecule has 3 aromatic rings. The van der Waals surface area contributed by atoms with Crippen LogP contribution < -0.4 is 5.43 Å². The predicted octanol–water partition coefficient (Wildman–Crippen LogP) is 3.47.